The number of carbonyl (C=O) groups is 2. The van der Waals surface area contributed by atoms with Gasteiger partial charge in [-0.3, -0.25) is 4.79 Å². The van der Waals surface area contributed by atoms with Crippen molar-refractivity contribution < 1.29 is 14.3 Å². The van der Waals surface area contributed by atoms with Crippen molar-refractivity contribution in [1.29, 1.82) is 0 Å². The predicted molar refractivity (Wildman–Crippen MR) is 101 cm³/mol. The Morgan fingerprint density at radius 3 is 2.63 bits per heavy atom. The van der Waals surface area contributed by atoms with Crippen molar-refractivity contribution in [3.63, 3.8) is 0 Å². The van der Waals surface area contributed by atoms with E-state index in [2.05, 4.69) is 20.0 Å². The summed E-state index contributed by atoms with van der Waals surface area (Å²) in [6.07, 6.45) is 1.45. The van der Waals surface area contributed by atoms with Crippen LogP contribution in [0, 0.1) is 0 Å². The van der Waals surface area contributed by atoms with Crippen molar-refractivity contribution in [2.24, 2.45) is 0 Å². The largest absolute Gasteiger partial charge is 0.464 e. The number of nitrogens with two attached hydrogens (primary N) is 1. The lowest BCUT2D eigenvalue weighted by atomic mass is 10.1. The maximum Gasteiger partial charge on any atom is 0.360 e. The van der Waals surface area contributed by atoms with Crippen LogP contribution in [0.4, 0.5) is 5.82 Å². The van der Waals surface area contributed by atoms with E-state index in [-0.39, 0.29) is 17.4 Å². The molecule has 0 unspecified atom stereocenters. The standard InChI is InChI=1S/C20H18N4O3/c1-27-20(26)17-18(21)22-12-16(24-17)14-8-5-9-15(10-14)19(25)23-11-13-6-3-2-4-7-13/h2-10,12H,11H2,1H3,(H2,21,22)(H,23,25). The molecule has 3 rings (SSSR count). The fourth-order valence-electron chi connectivity index (χ4n) is 2.48. The van der Waals surface area contributed by atoms with E-state index in [0.717, 1.165) is 5.56 Å². The molecule has 0 saturated carbocycles. The van der Waals surface area contributed by atoms with Crippen LogP contribution in [0.3, 0.4) is 0 Å². The lowest BCUT2D eigenvalue weighted by Crippen LogP contribution is -2.22. The highest BCUT2D eigenvalue weighted by atomic mass is 16.5. The van der Waals surface area contributed by atoms with E-state index in [1.54, 1.807) is 24.3 Å². The molecule has 1 amide bonds. The van der Waals surface area contributed by atoms with Gasteiger partial charge in [-0.25, -0.2) is 14.8 Å². The van der Waals surface area contributed by atoms with Crippen LogP contribution in [0.15, 0.2) is 60.8 Å². The first-order valence-electron chi connectivity index (χ1n) is 8.22. The number of nitrogens with one attached hydrogen (secondary N) is 1. The topological polar surface area (TPSA) is 107 Å². The fourth-order valence-corrected chi connectivity index (χ4v) is 2.48. The van der Waals surface area contributed by atoms with Crippen molar-refractivity contribution >= 4 is 17.7 Å². The smallest absolute Gasteiger partial charge is 0.360 e. The number of carbonyl (C=O) groups excluding carboxylic acids is 2. The van der Waals surface area contributed by atoms with Crippen LogP contribution in [0.5, 0.6) is 0 Å². The first-order valence-corrected chi connectivity index (χ1v) is 8.22. The number of amides is 1. The molecule has 0 atom stereocenters. The SMILES string of the molecule is COC(=O)c1nc(-c2cccc(C(=O)NCc3ccccc3)c2)cnc1N. The number of esters is 1. The Morgan fingerprint density at radius 1 is 1.11 bits per heavy atom. The highest BCUT2D eigenvalue weighted by molar-refractivity contribution is 5.95. The lowest BCUT2D eigenvalue weighted by molar-refractivity contribution is 0.0595. The van der Waals surface area contributed by atoms with E-state index in [1.807, 2.05) is 30.3 Å². The van der Waals surface area contributed by atoms with Crippen molar-refractivity contribution in [3.05, 3.63) is 77.6 Å². The zero-order valence-electron chi connectivity index (χ0n) is 14.7. The molecule has 0 bridgehead atoms. The summed E-state index contributed by atoms with van der Waals surface area (Å²) in [5.74, 6) is -0.890. The molecule has 0 aliphatic rings. The number of anilines is 1. The van der Waals surface area contributed by atoms with Gasteiger partial charge in [0.05, 0.1) is 19.0 Å². The molecule has 7 heteroatoms. The summed E-state index contributed by atoms with van der Waals surface area (Å²) >= 11 is 0. The number of hydrogen-bond donors (Lipinski definition) is 2. The minimum absolute atomic E-state index is 0.0117. The van der Waals surface area contributed by atoms with E-state index in [0.29, 0.717) is 23.4 Å². The summed E-state index contributed by atoms with van der Waals surface area (Å²) in [6, 6.07) is 16.5. The molecule has 0 aliphatic heterocycles. The molecule has 2 aromatic carbocycles. The van der Waals surface area contributed by atoms with Crippen LogP contribution in [-0.4, -0.2) is 29.0 Å². The number of benzene rings is 2. The molecular formula is C20H18N4O3. The third-order valence-corrected chi connectivity index (χ3v) is 3.90. The molecule has 0 spiro atoms. The van der Waals surface area contributed by atoms with Crippen LogP contribution in [0.1, 0.15) is 26.4 Å². The summed E-state index contributed by atoms with van der Waals surface area (Å²) in [6.45, 7) is 0.429. The zero-order valence-corrected chi connectivity index (χ0v) is 14.7. The number of rotatable bonds is 5. The molecule has 0 fully saturated rings. The van der Waals surface area contributed by atoms with Gasteiger partial charge in [0.1, 0.15) is 0 Å². The fraction of sp³-hybridized carbons (Fsp3) is 0.100. The second-order valence-electron chi connectivity index (χ2n) is 5.73. The Morgan fingerprint density at radius 2 is 1.89 bits per heavy atom. The van der Waals surface area contributed by atoms with Gasteiger partial charge in [-0.05, 0) is 17.7 Å². The molecule has 0 radical (unpaired) electrons. The molecule has 1 heterocycles. The van der Waals surface area contributed by atoms with Crippen LogP contribution < -0.4 is 11.1 Å². The Kier molecular flexibility index (Phi) is 5.41. The Balaban J connectivity index is 1.81. The monoisotopic (exact) mass is 362 g/mol. The predicted octanol–water partition coefficient (Wildman–Crippen LogP) is 2.44. The van der Waals surface area contributed by atoms with Crippen molar-refractivity contribution in [2.45, 2.75) is 6.54 Å². The Labute approximate surface area is 156 Å². The Bertz CT molecular complexity index is 974. The number of aromatic nitrogens is 2. The maximum absolute atomic E-state index is 12.4. The van der Waals surface area contributed by atoms with E-state index in [9.17, 15) is 9.59 Å². The average Bonchev–Trinajstić information content (AvgIpc) is 2.72. The van der Waals surface area contributed by atoms with E-state index in [4.69, 9.17) is 5.73 Å². The number of methoxy groups -OCH3 is 1. The van der Waals surface area contributed by atoms with E-state index in [1.165, 1.54) is 13.3 Å². The van der Waals surface area contributed by atoms with Gasteiger partial charge in [-0.2, -0.15) is 0 Å². The second-order valence-corrected chi connectivity index (χ2v) is 5.73. The van der Waals surface area contributed by atoms with Crippen molar-refractivity contribution in [3.8, 4) is 11.3 Å². The van der Waals surface area contributed by atoms with Crippen molar-refractivity contribution in [2.75, 3.05) is 12.8 Å². The van der Waals surface area contributed by atoms with E-state index >= 15 is 0 Å². The van der Waals surface area contributed by atoms with Gasteiger partial charge in [-0.1, -0.05) is 42.5 Å². The summed E-state index contributed by atoms with van der Waals surface area (Å²) in [4.78, 5) is 32.4. The highest BCUT2D eigenvalue weighted by Gasteiger charge is 2.15. The minimum Gasteiger partial charge on any atom is -0.464 e. The molecule has 7 nitrogen and oxygen atoms in total. The van der Waals surface area contributed by atoms with Gasteiger partial charge in [0.15, 0.2) is 11.5 Å². The summed E-state index contributed by atoms with van der Waals surface area (Å²) in [5, 5.41) is 2.87. The number of nitrogens with zero attached hydrogens (tertiary/aromatic N) is 2. The summed E-state index contributed by atoms with van der Waals surface area (Å²) in [7, 11) is 1.24. The average molecular weight is 362 g/mol. The Hall–Kier alpha value is -3.74. The summed E-state index contributed by atoms with van der Waals surface area (Å²) in [5.41, 5.74) is 8.16. The first kappa shape index (κ1) is 18.1. The molecule has 136 valence electrons. The van der Waals surface area contributed by atoms with E-state index < -0.39 is 5.97 Å². The molecular weight excluding hydrogens is 344 g/mol. The van der Waals surface area contributed by atoms with Gasteiger partial charge < -0.3 is 15.8 Å². The van der Waals surface area contributed by atoms with Gasteiger partial charge in [0.25, 0.3) is 5.91 Å². The normalized spacial score (nSPS) is 10.3. The van der Waals surface area contributed by atoms with Crippen LogP contribution >= 0.6 is 0 Å². The molecule has 3 N–H and O–H groups in total. The van der Waals surface area contributed by atoms with Crippen molar-refractivity contribution in [1.82, 2.24) is 15.3 Å². The second kappa shape index (κ2) is 8.09. The minimum atomic E-state index is -0.668. The number of hydrogen-bond acceptors (Lipinski definition) is 6. The third kappa shape index (κ3) is 4.27. The van der Waals surface area contributed by atoms with Gasteiger partial charge >= 0.3 is 5.97 Å². The molecule has 0 aliphatic carbocycles. The van der Waals surface area contributed by atoms with Crippen LogP contribution in [0.2, 0.25) is 0 Å². The quantitative estimate of drug-likeness (QED) is 0.675. The zero-order chi connectivity index (χ0) is 19.2. The summed E-state index contributed by atoms with van der Waals surface area (Å²) < 4.78 is 4.66. The highest BCUT2D eigenvalue weighted by Crippen LogP contribution is 2.20. The molecule has 0 saturated heterocycles. The molecule has 27 heavy (non-hydrogen) atoms. The molecule has 1 aromatic heterocycles. The number of nitrogen functional groups attached to an aromatic ring is 1. The van der Waals surface area contributed by atoms with Crippen LogP contribution in [-0.2, 0) is 11.3 Å². The van der Waals surface area contributed by atoms with Crippen LogP contribution in [0.25, 0.3) is 11.3 Å². The maximum atomic E-state index is 12.4. The van der Waals surface area contributed by atoms with Gasteiger partial charge in [0.2, 0.25) is 0 Å². The van der Waals surface area contributed by atoms with Gasteiger partial charge in [-0.15, -0.1) is 0 Å². The number of ether oxygens (including phenoxy) is 1. The third-order valence-electron chi connectivity index (χ3n) is 3.90. The molecule has 3 aromatic rings. The lowest BCUT2D eigenvalue weighted by Gasteiger charge is -2.08. The van der Waals surface area contributed by atoms with Gasteiger partial charge in [0, 0.05) is 17.7 Å². The first-order chi connectivity index (χ1) is 13.1.